The molecule has 0 unspecified atom stereocenters. The molecule has 5 nitrogen and oxygen atoms in total. The van der Waals surface area contributed by atoms with Gasteiger partial charge in [-0.1, -0.05) is 18.2 Å². The zero-order chi connectivity index (χ0) is 16.0. The summed E-state index contributed by atoms with van der Waals surface area (Å²) in [4.78, 5) is 0.0907. The molecule has 2 aromatic rings. The number of ether oxygens (including phenoxy) is 2. The topological polar surface area (TPSA) is 61.8 Å². The summed E-state index contributed by atoms with van der Waals surface area (Å²) in [6.45, 7) is 2.66. The van der Waals surface area contributed by atoms with E-state index in [2.05, 4.69) is 0 Å². The van der Waals surface area contributed by atoms with E-state index in [4.69, 9.17) is 13.7 Å². The standard InChI is InChI=1S/C16H18O5S/c1-13-12-15(8-9-16(13)20-11-10-19-2)22(17,18)21-14-6-4-3-5-7-14/h3-9,12H,10-11H2,1-2H3. The third kappa shape index (κ3) is 4.22. The first kappa shape index (κ1) is 16.3. The van der Waals surface area contributed by atoms with Crippen LogP contribution in [0.1, 0.15) is 5.56 Å². The largest absolute Gasteiger partial charge is 0.491 e. The summed E-state index contributed by atoms with van der Waals surface area (Å²) in [5, 5.41) is 0. The lowest BCUT2D eigenvalue weighted by Gasteiger charge is -2.11. The Bertz CT molecular complexity index is 711. The molecule has 6 heteroatoms. The summed E-state index contributed by atoms with van der Waals surface area (Å²) < 4.78 is 40.0. The molecule has 2 rings (SSSR count). The van der Waals surface area contributed by atoms with E-state index >= 15 is 0 Å². The maximum absolute atomic E-state index is 12.2. The normalized spacial score (nSPS) is 11.2. The van der Waals surface area contributed by atoms with Crippen LogP contribution in [0, 0.1) is 6.92 Å². The number of para-hydroxylation sites is 1. The molecule has 0 saturated heterocycles. The van der Waals surface area contributed by atoms with Crippen molar-refractivity contribution in [2.75, 3.05) is 20.3 Å². The van der Waals surface area contributed by atoms with Crippen molar-refractivity contribution in [3.05, 3.63) is 54.1 Å². The van der Waals surface area contributed by atoms with E-state index in [-0.39, 0.29) is 10.6 Å². The van der Waals surface area contributed by atoms with Crippen LogP contribution in [0.3, 0.4) is 0 Å². The number of aryl methyl sites for hydroxylation is 1. The van der Waals surface area contributed by atoms with Crippen LogP contribution in [0.2, 0.25) is 0 Å². The molecule has 0 aliphatic heterocycles. The van der Waals surface area contributed by atoms with Gasteiger partial charge in [-0.05, 0) is 42.8 Å². The molecule has 0 spiro atoms. The average molecular weight is 322 g/mol. The molecule has 0 aliphatic carbocycles. The minimum atomic E-state index is -3.86. The van der Waals surface area contributed by atoms with Crippen LogP contribution < -0.4 is 8.92 Å². The van der Waals surface area contributed by atoms with Crippen molar-refractivity contribution in [1.29, 1.82) is 0 Å². The predicted octanol–water partition coefficient (Wildman–Crippen LogP) is 2.79. The molecule has 0 aromatic heterocycles. The number of hydrogen-bond donors (Lipinski definition) is 0. The highest BCUT2D eigenvalue weighted by molar-refractivity contribution is 7.87. The second-order valence-corrected chi connectivity index (χ2v) is 6.17. The van der Waals surface area contributed by atoms with Gasteiger partial charge in [-0.2, -0.15) is 8.42 Å². The molecule has 118 valence electrons. The summed E-state index contributed by atoms with van der Waals surface area (Å²) in [7, 11) is -2.27. The molecule has 0 N–H and O–H groups in total. The van der Waals surface area contributed by atoms with Gasteiger partial charge in [-0.3, -0.25) is 0 Å². The molecule has 0 amide bonds. The van der Waals surface area contributed by atoms with Crippen molar-refractivity contribution in [2.45, 2.75) is 11.8 Å². The van der Waals surface area contributed by atoms with E-state index in [1.807, 2.05) is 0 Å². The highest BCUT2D eigenvalue weighted by Gasteiger charge is 2.17. The van der Waals surface area contributed by atoms with Gasteiger partial charge in [0.05, 0.1) is 6.61 Å². The van der Waals surface area contributed by atoms with Crippen LogP contribution in [0.15, 0.2) is 53.4 Å². The van der Waals surface area contributed by atoms with E-state index in [1.165, 1.54) is 12.1 Å². The Balaban J connectivity index is 2.16. The minimum Gasteiger partial charge on any atom is -0.491 e. The zero-order valence-electron chi connectivity index (χ0n) is 12.5. The lowest BCUT2D eigenvalue weighted by atomic mass is 10.2. The van der Waals surface area contributed by atoms with Crippen LogP contribution in [0.4, 0.5) is 0 Å². The van der Waals surface area contributed by atoms with Crippen molar-refractivity contribution in [2.24, 2.45) is 0 Å². The SMILES string of the molecule is COCCOc1ccc(S(=O)(=O)Oc2ccccc2)cc1C. The molecular weight excluding hydrogens is 304 g/mol. The Labute approximate surface area is 130 Å². The third-order valence-corrected chi connectivity index (χ3v) is 4.17. The predicted molar refractivity (Wildman–Crippen MR) is 82.8 cm³/mol. The van der Waals surface area contributed by atoms with Gasteiger partial charge in [0.15, 0.2) is 0 Å². The van der Waals surface area contributed by atoms with Gasteiger partial charge in [-0.25, -0.2) is 0 Å². The smallest absolute Gasteiger partial charge is 0.339 e. The van der Waals surface area contributed by atoms with Crippen LogP contribution in [-0.4, -0.2) is 28.7 Å². The highest BCUT2D eigenvalue weighted by Crippen LogP contribution is 2.24. The fourth-order valence-corrected chi connectivity index (χ4v) is 2.84. The molecule has 0 aliphatic rings. The number of hydrogen-bond acceptors (Lipinski definition) is 5. The number of rotatable bonds is 7. The van der Waals surface area contributed by atoms with Crippen molar-refractivity contribution in [3.8, 4) is 11.5 Å². The zero-order valence-corrected chi connectivity index (χ0v) is 13.3. The quantitative estimate of drug-likeness (QED) is 0.579. The Morgan fingerprint density at radius 1 is 1.00 bits per heavy atom. The monoisotopic (exact) mass is 322 g/mol. The second kappa shape index (κ2) is 7.29. The molecule has 0 fully saturated rings. The number of methoxy groups -OCH3 is 1. The van der Waals surface area contributed by atoms with E-state index in [0.717, 1.165) is 0 Å². The number of benzene rings is 2. The Morgan fingerprint density at radius 2 is 1.73 bits per heavy atom. The van der Waals surface area contributed by atoms with Gasteiger partial charge in [0.2, 0.25) is 0 Å². The molecule has 0 atom stereocenters. The first-order valence-electron chi connectivity index (χ1n) is 6.75. The average Bonchev–Trinajstić information content (AvgIpc) is 2.49. The fraction of sp³-hybridized carbons (Fsp3) is 0.250. The summed E-state index contributed by atoms with van der Waals surface area (Å²) in [6, 6.07) is 13.0. The summed E-state index contributed by atoms with van der Waals surface area (Å²) in [6.07, 6.45) is 0. The maximum Gasteiger partial charge on any atom is 0.339 e. The molecule has 0 radical (unpaired) electrons. The van der Waals surface area contributed by atoms with Crippen molar-refractivity contribution in [1.82, 2.24) is 0 Å². The Morgan fingerprint density at radius 3 is 2.36 bits per heavy atom. The van der Waals surface area contributed by atoms with Crippen molar-refractivity contribution < 1.29 is 22.1 Å². The first-order chi connectivity index (χ1) is 10.5. The molecule has 2 aromatic carbocycles. The lowest BCUT2D eigenvalue weighted by Crippen LogP contribution is -2.10. The summed E-state index contributed by atoms with van der Waals surface area (Å²) in [5.74, 6) is 0.899. The lowest BCUT2D eigenvalue weighted by molar-refractivity contribution is 0.146. The Kier molecular flexibility index (Phi) is 5.41. The third-order valence-electron chi connectivity index (χ3n) is 2.93. The molecular formula is C16H18O5S. The van der Waals surface area contributed by atoms with Crippen LogP contribution >= 0.6 is 0 Å². The molecule has 0 heterocycles. The maximum atomic E-state index is 12.2. The molecule has 0 bridgehead atoms. The van der Waals surface area contributed by atoms with Gasteiger partial charge in [0.25, 0.3) is 0 Å². The van der Waals surface area contributed by atoms with Crippen LogP contribution in [-0.2, 0) is 14.9 Å². The van der Waals surface area contributed by atoms with Crippen molar-refractivity contribution in [3.63, 3.8) is 0 Å². The first-order valence-corrected chi connectivity index (χ1v) is 8.15. The molecule has 22 heavy (non-hydrogen) atoms. The highest BCUT2D eigenvalue weighted by atomic mass is 32.2. The van der Waals surface area contributed by atoms with Crippen LogP contribution in [0.25, 0.3) is 0 Å². The van der Waals surface area contributed by atoms with Crippen molar-refractivity contribution >= 4 is 10.1 Å². The molecule has 0 saturated carbocycles. The van der Waals surface area contributed by atoms with Gasteiger partial charge in [-0.15, -0.1) is 0 Å². The van der Waals surface area contributed by atoms with Gasteiger partial charge in [0.1, 0.15) is 23.0 Å². The fourth-order valence-electron chi connectivity index (χ4n) is 1.83. The van der Waals surface area contributed by atoms with Gasteiger partial charge in [0, 0.05) is 7.11 Å². The van der Waals surface area contributed by atoms with Crippen LogP contribution in [0.5, 0.6) is 11.5 Å². The van der Waals surface area contributed by atoms with Gasteiger partial charge < -0.3 is 13.7 Å². The van der Waals surface area contributed by atoms with E-state index in [9.17, 15) is 8.42 Å². The van der Waals surface area contributed by atoms with Gasteiger partial charge >= 0.3 is 10.1 Å². The van der Waals surface area contributed by atoms with E-state index < -0.39 is 10.1 Å². The van der Waals surface area contributed by atoms with E-state index in [0.29, 0.717) is 24.5 Å². The van der Waals surface area contributed by atoms with E-state index in [1.54, 1.807) is 50.4 Å². The second-order valence-electron chi connectivity index (χ2n) is 4.62. The summed E-state index contributed by atoms with van der Waals surface area (Å²) >= 11 is 0. The Hall–Kier alpha value is -2.05. The summed E-state index contributed by atoms with van der Waals surface area (Å²) in [5.41, 5.74) is 0.717. The minimum absolute atomic E-state index is 0.0907.